The van der Waals surface area contributed by atoms with E-state index < -0.39 is 24.5 Å². The maximum atomic E-state index is 13.4. The number of halogens is 1. The lowest BCUT2D eigenvalue weighted by Gasteiger charge is -2.26. The molecule has 3 amide bonds. The van der Waals surface area contributed by atoms with Gasteiger partial charge in [-0.2, -0.15) is 0 Å². The van der Waals surface area contributed by atoms with Gasteiger partial charge >= 0.3 is 5.97 Å². The maximum Gasteiger partial charge on any atom is 0.330 e. The Hall–Kier alpha value is -3.00. The van der Waals surface area contributed by atoms with E-state index in [9.17, 15) is 19.2 Å². The molecule has 188 valence electrons. The third kappa shape index (κ3) is 4.59. The summed E-state index contributed by atoms with van der Waals surface area (Å²) in [6.07, 6.45) is 3.72. The van der Waals surface area contributed by atoms with E-state index in [1.165, 1.54) is 0 Å². The molecule has 2 aliphatic carbocycles. The number of carbonyl (C=O) groups excluding carboxylic acids is 4. The first-order chi connectivity index (χ1) is 17.4. The normalized spacial score (nSPS) is 25.1. The van der Waals surface area contributed by atoms with Gasteiger partial charge in [0.15, 0.2) is 6.61 Å². The Kier molecular flexibility index (Phi) is 6.97. The summed E-state index contributed by atoms with van der Waals surface area (Å²) in [5.74, 6) is -1.95. The van der Waals surface area contributed by atoms with Crippen molar-refractivity contribution in [3.8, 4) is 0 Å². The zero-order chi connectivity index (χ0) is 25.4. The zero-order valence-corrected chi connectivity index (χ0v) is 21.7. The van der Waals surface area contributed by atoms with Crippen LogP contribution in [0.3, 0.4) is 0 Å². The van der Waals surface area contributed by atoms with Crippen molar-refractivity contribution in [2.75, 3.05) is 11.9 Å². The summed E-state index contributed by atoms with van der Waals surface area (Å²) >= 11 is 3.43. The van der Waals surface area contributed by atoms with Crippen molar-refractivity contribution in [3.05, 3.63) is 64.1 Å². The number of aryl methyl sites for hydroxylation is 1. The van der Waals surface area contributed by atoms with Gasteiger partial charge in [0, 0.05) is 16.6 Å². The number of ether oxygens (including phenoxy) is 1. The molecule has 1 heterocycles. The van der Waals surface area contributed by atoms with Gasteiger partial charge in [0.2, 0.25) is 11.8 Å². The fraction of sp³-hybridized carbons (Fsp3) is 0.429. The van der Waals surface area contributed by atoms with Gasteiger partial charge in [-0.05, 0) is 66.8 Å². The number of carbonyl (C=O) groups is 4. The second-order valence-electron chi connectivity index (χ2n) is 9.95. The molecule has 2 aromatic rings. The Morgan fingerprint density at radius 1 is 1.06 bits per heavy atom. The first-order valence-electron chi connectivity index (χ1n) is 12.5. The van der Waals surface area contributed by atoms with Gasteiger partial charge in [0.05, 0.1) is 11.8 Å². The molecule has 5 rings (SSSR count). The van der Waals surface area contributed by atoms with Crippen LogP contribution in [0.2, 0.25) is 0 Å². The number of likely N-dealkylation sites (tertiary alicyclic amines) is 1. The molecule has 36 heavy (non-hydrogen) atoms. The molecule has 5 atom stereocenters. The minimum atomic E-state index is -1.09. The summed E-state index contributed by atoms with van der Waals surface area (Å²) in [5, 5.41) is 2.79. The molecule has 1 saturated heterocycles. The van der Waals surface area contributed by atoms with Crippen molar-refractivity contribution >= 4 is 45.3 Å². The fourth-order valence-electron chi connectivity index (χ4n) is 6.25. The smallest absolute Gasteiger partial charge is 0.330 e. The molecule has 0 unspecified atom stereocenters. The van der Waals surface area contributed by atoms with Crippen LogP contribution < -0.4 is 5.32 Å². The van der Waals surface area contributed by atoms with Gasteiger partial charge in [-0.25, -0.2) is 4.79 Å². The highest BCUT2D eigenvalue weighted by molar-refractivity contribution is 9.10. The van der Waals surface area contributed by atoms with Crippen molar-refractivity contribution in [2.24, 2.45) is 23.7 Å². The molecule has 0 radical (unpaired) electrons. The fourth-order valence-corrected chi connectivity index (χ4v) is 6.66. The van der Waals surface area contributed by atoms with Gasteiger partial charge in [0.25, 0.3) is 5.91 Å². The predicted octanol–water partition coefficient (Wildman–Crippen LogP) is 4.14. The molecular formula is C28H29BrN2O5. The van der Waals surface area contributed by atoms with E-state index in [1.54, 1.807) is 6.07 Å². The third-order valence-corrected chi connectivity index (χ3v) is 8.38. The number of rotatable bonds is 8. The van der Waals surface area contributed by atoms with Crippen LogP contribution in [0.5, 0.6) is 0 Å². The second kappa shape index (κ2) is 10.2. The van der Waals surface area contributed by atoms with E-state index in [2.05, 4.69) is 21.2 Å². The number of anilines is 1. The van der Waals surface area contributed by atoms with Crippen molar-refractivity contribution < 1.29 is 23.9 Å². The number of nitrogens with one attached hydrogen (secondary N) is 1. The Labute approximate surface area is 218 Å². The number of benzene rings is 2. The Morgan fingerprint density at radius 3 is 2.36 bits per heavy atom. The standard InChI is InChI=1S/C28H29BrN2O5/c1-2-17-14-20(29)10-11-21(17)30-23(32)15-36-28(35)22(12-16-6-4-3-5-7-16)31-26(33)24-18-8-9-19(13-18)25(24)27(31)34/h3-7,10-11,14,18-19,22,24-25H,2,8-9,12-13,15H2,1H3,(H,30,32)/t18-,19-,22-,24-,25+/m0/s1. The van der Waals surface area contributed by atoms with Crippen molar-refractivity contribution in [3.63, 3.8) is 0 Å². The number of hydrogen-bond donors (Lipinski definition) is 1. The Balaban J connectivity index is 1.31. The van der Waals surface area contributed by atoms with Crippen LogP contribution in [0.15, 0.2) is 53.0 Å². The highest BCUT2D eigenvalue weighted by Gasteiger charge is 2.62. The number of fused-ring (bicyclic) bond motifs is 5. The number of nitrogens with zero attached hydrogens (tertiary/aromatic N) is 1. The molecule has 0 aromatic heterocycles. The minimum Gasteiger partial charge on any atom is -0.454 e. The predicted molar refractivity (Wildman–Crippen MR) is 137 cm³/mol. The second-order valence-corrected chi connectivity index (χ2v) is 10.9. The van der Waals surface area contributed by atoms with Crippen molar-refractivity contribution in [1.82, 2.24) is 4.90 Å². The van der Waals surface area contributed by atoms with Crippen LogP contribution in [0.1, 0.15) is 37.3 Å². The largest absolute Gasteiger partial charge is 0.454 e. The lowest BCUT2D eigenvalue weighted by molar-refractivity contribution is -0.160. The first kappa shape index (κ1) is 24.7. The van der Waals surface area contributed by atoms with E-state index >= 15 is 0 Å². The van der Waals surface area contributed by atoms with Crippen molar-refractivity contribution in [2.45, 2.75) is 45.1 Å². The molecule has 0 spiro atoms. The van der Waals surface area contributed by atoms with E-state index in [4.69, 9.17) is 4.74 Å². The van der Waals surface area contributed by atoms with E-state index in [0.29, 0.717) is 5.69 Å². The van der Waals surface area contributed by atoms with Gasteiger partial charge in [-0.3, -0.25) is 19.3 Å². The van der Waals surface area contributed by atoms with Crippen LogP contribution >= 0.6 is 15.9 Å². The lowest BCUT2D eigenvalue weighted by atomic mass is 9.81. The summed E-state index contributed by atoms with van der Waals surface area (Å²) in [4.78, 5) is 53.9. The Bertz CT molecular complexity index is 1170. The van der Waals surface area contributed by atoms with Crippen LogP contribution in [0.4, 0.5) is 5.69 Å². The van der Waals surface area contributed by atoms with Gasteiger partial charge in [-0.1, -0.05) is 53.2 Å². The number of imide groups is 1. The molecule has 7 nitrogen and oxygen atoms in total. The molecule has 1 N–H and O–H groups in total. The number of amides is 3. The van der Waals surface area contributed by atoms with Crippen LogP contribution in [0, 0.1) is 23.7 Å². The summed E-state index contributed by atoms with van der Waals surface area (Å²) in [5.41, 5.74) is 2.41. The lowest BCUT2D eigenvalue weighted by Crippen LogP contribution is -2.48. The van der Waals surface area contributed by atoms with E-state index in [-0.39, 0.29) is 41.9 Å². The molecule has 8 heteroatoms. The van der Waals surface area contributed by atoms with Crippen LogP contribution in [-0.4, -0.2) is 41.2 Å². The summed E-state index contributed by atoms with van der Waals surface area (Å²) in [6, 6.07) is 13.7. The van der Waals surface area contributed by atoms with Crippen molar-refractivity contribution in [1.29, 1.82) is 0 Å². The molecule has 1 aliphatic heterocycles. The van der Waals surface area contributed by atoms with Gasteiger partial charge < -0.3 is 10.1 Å². The molecule has 3 aliphatic rings. The number of hydrogen-bond acceptors (Lipinski definition) is 5. The van der Waals surface area contributed by atoms with Gasteiger partial charge in [0.1, 0.15) is 6.04 Å². The molecule has 3 fully saturated rings. The van der Waals surface area contributed by atoms with E-state index in [0.717, 1.165) is 46.2 Å². The minimum absolute atomic E-state index is 0.153. The summed E-state index contributed by atoms with van der Waals surface area (Å²) in [6.45, 7) is 1.48. The summed E-state index contributed by atoms with van der Waals surface area (Å²) in [7, 11) is 0. The molecule has 2 bridgehead atoms. The third-order valence-electron chi connectivity index (χ3n) is 7.88. The first-order valence-corrected chi connectivity index (χ1v) is 13.3. The average molecular weight is 553 g/mol. The maximum absolute atomic E-state index is 13.4. The monoisotopic (exact) mass is 552 g/mol. The number of esters is 1. The molecule has 2 saturated carbocycles. The highest BCUT2D eigenvalue weighted by Crippen LogP contribution is 2.56. The molecular weight excluding hydrogens is 524 g/mol. The zero-order valence-electron chi connectivity index (χ0n) is 20.1. The van der Waals surface area contributed by atoms with E-state index in [1.807, 2.05) is 49.4 Å². The SMILES string of the molecule is CCc1cc(Br)ccc1NC(=O)COC(=O)[C@H](Cc1ccccc1)N1C(=O)[C@@H]2[C@H]3CC[C@@H](C3)[C@@H]2C1=O. The van der Waals surface area contributed by atoms with Gasteiger partial charge in [-0.15, -0.1) is 0 Å². The highest BCUT2D eigenvalue weighted by atomic mass is 79.9. The Morgan fingerprint density at radius 2 is 1.72 bits per heavy atom. The average Bonchev–Trinajstić information content (AvgIpc) is 3.56. The topological polar surface area (TPSA) is 92.8 Å². The quantitative estimate of drug-likeness (QED) is 0.392. The van der Waals surface area contributed by atoms with Crippen LogP contribution in [0.25, 0.3) is 0 Å². The molecule has 2 aromatic carbocycles. The van der Waals surface area contributed by atoms with Crippen LogP contribution in [-0.2, 0) is 36.8 Å². The summed E-state index contributed by atoms with van der Waals surface area (Å²) < 4.78 is 6.31.